The maximum absolute atomic E-state index is 5.77. The summed E-state index contributed by atoms with van der Waals surface area (Å²) in [6, 6.07) is 6.83. The van der Waals surface area contributed by atoms with Crippen molar-refractivity contribution in [2.45, 2.75) is 57.9 Å². The quantitative estimate of drug-likeness (QED) is 0.743. The summed E-state index contributed by atoms with van der Waals surface area (Å²) in [5.74, 6) is 0.962. The van der Waals surface area contributed by atoms with Gasteiger partial charge in [0.05, 0.1) is 16.8 Å². The maximum Gasteiger partial charge on any atom is 0.184 e. The van der Waals surface area contributed by atoms with E-state index in [1.165, 1.54) is 36.8 Å². The van der Waals surface area contributed by atoms with Gasteiger partial charge in [-0.3, -0.25) is 0 Å². The molecular weight excluding hydrogens is 280 g/mol. The van der Waals surface area contributed by atoms with Gasteiger partial charge in [-0.15, -0.1) is 0 Å². The van der Waals surface area contributed by atoms with Crippen LogP contribution in [0.15, 0.2) is 18.2 Å². The average molecular weight is 304 g/mol. The molecule has 3 nitrogen and oxygen atoms in total. The lowest BCUT2D eigenvalue weighted by Crippen LogP contribution is -2.21. The predicted octanol–water partition coefficient (Wildman–Crippen LogP) is 5.22. The van der Waals surface area contributed by atoms with Crippen molar-refractivity contribution in [3.63, 3.8) is 0 Å². The number of fused-ring (bicyclic) bond motifs is 1. The summed E-state index contributed by atoms with van der Waals surface area (Å²) in [5, 5.41) is 4.67. The van der Waals surface area contributed by atoms with Crippen LogP contribution < -0.4 is 10.1 Å². The van der Waals surface area contributed by atoms with E-state index in [-0.39, 0.29) is 0 Å². The van der Waals surface area contributed by atoms with Gasteiger partial charge in [0.15, 0.2) is 5.13 Å². The number of hydrogen-bond acceptors (Lipinski definition) is 4. The smallest absolute Gasteiger partial charge is 0.184 e. The van der Waals surface area contributed by atoms with Gasteiger partial charge >= 0.3 is 0 Å². The molecule has 0 spiro atoms. The van der Waals surface area contributed by atoms with Crippen LogP contribution in [0.5, 0.6) is 5.75 Å². The van der Waals surface area contributed by atoms with Crippen molar-refractivity contribution >= 4 is 26.7 Å². The maximum atomic E-state index is 5.77. The highest BCUT2D eigenvalue weighted by molar-refractivity contribution is 7.22. The topological polar surface area (TPSA) is 34.1 Å². The van der Waals surface area contributed by atoms with E-state index < -0.39 is 0 Å². The second-order valence-corrected chi connectivity index (χ2v) is 6.86. The molecule has 0 aliphatic heterocycles. The molecule has 0 bridgehead atoms. The fraction of sp³-hybridized carbons (Fsp3) is 0.588. The van der Waals surface area contributed by atoms with E-state index in [4.69, 9.17) is 9.72 Å². The molecule has 1 aliphatic rings. The Morgan fingerprint density at radius 3 is 2.95 bits per heavy atom. The fourth-order valence-electron chi connectivity index (χ4n) is 2.81. The van der Waals surface area contributed by atoms with Gasteiger partial charge in [-0.05, 0) is 37.5 Å². The lowest BCUT2D eigenvalue weighted by molar-refractivity contribution is 0.310. The third-order valence-corrected chi connectivity index (χ3v) is 5.01. The molecule has 0 saturated heterocycles. The first-order valence-electron chi connectivity index (χ1n) is 8.15. The molecule has 0 amide bonds. The van der Waals surface area contributed by atoms with Crippen LogP contribution in [-0.2, 0) is 0 Å². The minimum absolute atomic E-state index is 0.611. The van der Waals surface area contributed by atoms with Crippen LogP contribution in [0.4, 0.5) is 5.13 Å². The van der Waals surface area contributed by atoms with Crippen LogP contribution in [-0.4, -0.2) is 17.6 Å². The van der Waals surface area contributed by atoms with Gasteiger partial charge in [-0.2, -0.15) is 0 Å². The third kappa shape index (κ3) is 3.88. The van der Waals surface area contributed by atoms with Gasteiger partial charge in [0.25, 0.3) is 0 Å². The standard InChI is InChI=1S/C17H24N2OS/c1-2-3-11-20-14-9-10-15-16(12-14)21-17(19-15)18-13-7-5-4-6-8-13/h9-10,12-13H,2-8,11H2,1H3,(H,18,19). The highest BCUT2D eigenvalue weighted by Crippen LogP contribution is 2.31. The second kappa shape index (κ2) is 7.12. The first kappa shape index (κ1) is 14.6. The first-order valence-corrected chi connectivity index (χ1v) is 8.97. The number of unbranched alkanes of at least 4 members (excludes halogenated alkanes) is 1. The minimum Gasteiger partial charge on any atom is -0.494 e. The van der Waals surface area contributed by atoms with Crippen LogP contribution in [0.25, 0.3) is 10.2 Å². The summed E-state index contributed by atoms with van der Waals surface area (Å²) < 4.78 is 6.98. The van der Waals surface area contributed by atoms with Crippen LogP contribution in [0.3, 0.4) is 0 Å². The van der Waals surface area contributed by atoms with E-state index >= 15 is 0 Å². The van der Waals surface area contributed by atoms with Crippen molar-refractivity contribution in [2.24, 2.45) is 0 Å². The summed E-state index contributed by atoms with van der Waals surface area (Å²) in [6.45, 7) is 2.98. The lowest BCUT2D eigenvalue weighted by atomic mass is 9.96. The molecule has 1 fully saturated rings. The molecule has 114 valence electrons. The van der Waals surface area contributed by atoms with Crippen molar-refractivity contribution in [2.75, 3.05) is 11.9 Å². The molecule has 21 heavy (non-hydrogen) atoms. The Morgan fingerprint density at radius 1 is 1.29 bits per heavy atom. The molecule has 3 rings (SSSR count). The monoisotopic (exact) mass is 304 g/mol. The Labute approximate surface area is 130 Å². The van der Waals surface area contributed by atoms with Crippen LogP contribution >= 0.6 is 11.3 Å². The number of hydrogen-bond donors (Lipinski definition) is 1. The highest BCUT2D eigenvalue weighted by atomic mass is 32.1. The van der Waals surface area contributed by atoms with Crippen molar-refractivity contribution in [1.82, 2.24) is 4.98 Å². The molecule has 2 aromatic rings. The SMILES string of the molecule is CCCCOc1ccc2nc(NC3CCCCC3)sc2c1. The van der Waals surface area contributed by atoms with Crippen molar-refractivity contribution in [1.29, 1.82) is 0 Å². The summed E-state index contributed by atoms with van der Waals surface area (Å²) in [6.07, 6.45) is 8.91. The summed E-state index contributed by atoms with van der Waals surface area (Å²) in [5.41, 5.74) is 1.07. The van der Waals surface area contributed by atoms with E-state index in [2.05, 4.69) is 24.4 Å². The minimum atomic E-state index is 0.611. The number of nitrogens with one attached hydrogen (secondary N) is 1. The molecule has 1 N–H and O–H groups in total. The zero-order chi connectivity index (χ0) is 14.5. The molecule has 0 radical (unpaired) electrons. The van der Waals surface area contributed by atoms with Crippen molar-refractivity contribution < 1.29 is 4.74 Å². The molecule has 1 aromatic heterocycles. The number of benzene rings is 1. The van der Waals surface area contributed by atoms with Crippen LogP contribution in [0.2, 0.25) is 0 Å². The van der Waals surface area contributed by atoms with E-state index in [9.17, 15) is 0 Å². The van der Waals surface area contributed by atoms with Gasteiger partial charge in [0, 0.05) is 6.04 Å². The lowest BCUT2D eigenvalue weighted by Gasteiger charge is -2.22. The molecule has 0 unspecified atom stereocenters. The molecule has 1 aromatic carbocycles. The molecule has 1 saturated carbocycles. The van der Waals surface area contributed by atoms with Gasteiger partial charge in [-0.1, -0.05) is 43.9 Å². The third-order valence-electron chi connectivity index (χ3n) is 4.06. The van der Waals surface area contributed by atoms with Gasteiger partial charge in [-0.25, -0.2) is 4.98 Å². The first-order chi connectivity index (χ1) is 10.3. The van der Waals surface area contributed by atoms with Crippen molar-refractivity contribution in [3.8, 4) is 5.75 Å². The Balaban J connectivity index is 1.67. The molecule has 4 heteroatoms. The second-order valence-electron chi connectivity index (χ2n) is 5.83. The number of ether oxygens (including phenoxy) is 1. The highest BCUT2D eigenvalue weighted by Gasteiger charge is 2.15. The van der Waals surface area contributed by atoms with Crippen molar-refractivity contribution in [3.05, 3.63) is 18.2 Å². The Hall–Kier alpha value is -1.29. The van der Waals surface area contributed by atoms with Crippen LogP contribution in [0, 0.1) is 0 Å². The number of aromatic nitrogens is 1. The number of nitrogens with zero attached hydrogens (tertiary/aromatic N) is 1. The normalized spacial score (nSPS) is 16.2. The Bertz CT molecular complexity index is 575. The summed E-state index contributed by atoms with van der Waals surface area (Å²) in [7, 11) is 0. The zero-order valence-corrected chi connectivity index (χ0v) is 13.5. The van der Waals surface area contributed by atoms with E-state index in [0.717, 1.165) is 35.8 Å². The Morgan fingerprint density at radius 2 is 2.14 bits per heavy atom. The summed E-state index contributed by atoms with van der Waals surface area (Å²) >= 11 is 1.74. The van der Waals surface area contributed by atoms with Crippen LogP contribution in [0.1, 0.15) is 51.9 Å². The Kier molecular flexibility index (Phi) is 4.96. The zero-order valence-electron chi connectivity index (χ0n) is 12.7. The van der Waals surface area contributed by atoms with Gasteiger partial charge in [0.1, 0.15) is 5.75 Å². The number of thiazole rings is 1. The van der Waals surface area contributed by atoms with E-state index in [1.807, 2.05) is 6.07 Å². The van der Waals surface area contributed by atoms with Gasteiger partial charge < -0.3 is 10.1 Å². The molecular formula is C17H24N2OS. The fourth-order valence-corrected chi connectivity index (χ4v) is 3.78. The molecule has 0 atom stereocenters. The predicted molar refractivity (Wildman–Crippen MR) is 90.5 cm³/mol. The van der Waals surface area contributed by atoms with E-state index in [1.54, 1.807) is 11.3 Å². The molecule has 1 heterocycles. The average Bonchev–Trinajstić information content (AvgIpc) is 2.90. The van der Waals surface area contributed by atoms with Gasteiger partial charge in [0.2, 0.25) is 0 Å². The number of rotatable bonds is 6. The van der Waals surface area contributed by atoms with E-state index in [0.29, 0.717) is 6.04 Å². The summed E-state index contributed by atoms with van der Waals surface area (Å²) in [4.78, 5) is 4.70. The molecule has 1 aliphatic carbocycles. The largest absolute Gasteiger partial charge is 0.494 e. The number of anilines is 1.